The lowest BCUT2D eigenvalue weighted by atomic mass is 9.90. The number of anilines is 1. The molecule has 0 bridgehead atoms. The van der Waals surface area contributed by atoms with Crippen molar-refractivity contribution in [2.75, 3.05) is 11.4 Å². The van der Waals surface area contributed by atoms with Crippen LogP contribution in [0, 0.1) is 0 Å². The summed E-state index contributed by atoms with van der Waals surface area (Å²) in [6.45, 7) is 4.41. The molecule has 37 heavy (non-hydrogen) atoms. The van der Waals surface area contributed by atoms with Gasteiger partial charge in [0.15, 0.2) is 6.10 Å². The molecule has 4 heterocycles. The summed E-state index contributed by atoms with van der Waals surface area (Å²) in [5.74, 6) is -2.93. The van der Waals surface area contributed by atoms with Gasteiger partial charge >= 0.3 is 17.9 Å². The van der Waals surface area contributed by atoms with Gasteiger partial charge in [-0.3, -0.25) is 0 Å². The summed E-state index contributed by atoms with van der Waals surface area (Å²) in [5, 5.41) is 12.8. The number of hydrogen-bond acceptors (Lipinski definition) is 8. The molecule has 10 heteroatoms. The van der Waals surface area contributed by atoms with Gasteiger partial charge in [0, 0.05) is 38.0 Å². The van der Waals surface area contributed by atoms with Crippen molar-refractivity contribution < 1.29 is 28.9 Å². The number of halogens is 1. The van der Waals surface area contributed by atoms with Crippen molar-refractivity contribution in [3.05, 3.63) is 58.4 Å². The van der Waals surface area contributed by atoms with Gasteiger partial charge in [0.1, 0.15) is 11.6 Å². The average molecular weight is 541 g/mol. The van der Waals surface area contributed by atoms with E-state index in [0.717, 1.165) is 41.1 Å². The molecule has 8 nitrogen and oxygen atoms in total. The fourth-order valence-electron chi connectivity index (χ4n) is 5.20. The SMILES string of the molecule is C[C@@H]1C[C@H](c2cc3c(Cl)cccc3s2)CCN1c1cc2c(OC3([C@H](C)O)OC(=O)C(=O)O3)cccc2[nH]1. The van der Waals surface area contributed by atoms with Gasteiger partial charge in [0.2, 0.25) is 0 Å². The number of ether oxygens (including phenoxy) is 3. The highest BCUT2D eigenvalue weighted by molar-refractivity contribution is 7.19. The molecule has 2 aromatic heterocycles. The zero-order valence-corrected chi connectivity index (χ0v) is 21.8. The van der Waals surface area contributed by atoms with Crippen LogP contribution in [0.5, 0.6) is 5.75 Å². The highest BCUT2D eigenvalue weighted by Crippen LogP contribution is 2.42. The lowest BCUT2D eigenvalue weighted by molar-refractivity contribution is -0.313. The zero-order chi connectivity index (χ0) is 25.9. The predicted molar refractivity (Wildman–Crippen MR) is 141 cm³/mol. The Kier molecular flexibility index (Phi) is 5.82. The number of benzene rings is 2. The maximum atomic E-state index is 11.7. The van der Waals surface area contributed by atoms with Crippen LogP contribution in [0.15, 0.2) is 48.5 Å². The maximum absolute atomic E-state index is 11.7. The Morgan fingerprint density at radius 3 is 2.62 bits per heavy atom. The Labute approximate surface area is 221 Å². The second kappa shape index (κ2) is 8.93. The molecule has 6 rings (SSSR count). The lowest BCUT2D eigenvalue weighted by Gasteiger charge is -2.38. The molecule has 0 unspecified atom stereocenters. The second-order valence-electron chi connectivity index (χ2n) is 9.60. The number of nitrogens with one attached hydrogen (secondary N) is 1. The molecule has 0 aliphatic carbocycles. The van der Waals surface area contributed by atoms with E-state index < -0.39 is 24.0 Å². The van der Waals surface area contributed by atoms with Crippen molar-refractivity contribution in [1.82, 2.24) is 4.98 Å². The van der Waals surface area contributed by atoms with Crippen LogP contribution < -0.4 is 9.64 Å². The summed E-state index contributed by atoms with van der Waals surface area (Å²) in [5.41, 5.74) is 0.803. The molecule has 192 valence electrons. The molecule has 2 saturated heterocycles. The van der Waals surface area contributed by atoms with Gasteiger partial charge < -0.3 is 29.2 Å². The van der Waals surface area contributed by atoms with E-state index in [2.05, 4.69) is 28.9 Å². The fraction of sp³-hybridized carbons (Fsp3) is 0.333. The number of carbonyl (C=O) groups is 2. The summed E-state index contributed by atoms with van der Waals surface area (Å²) in [6, 6.07) is 15.9. The van der Waals surface area contributed by atoms with Crippen LogP contribution in [0.3, 0.4) is 0 Å². The number of fused-ring (bicyclic) bond motifs is 2. The van der Waals surface area contributed by atoms with Crippen LogP contribution >= 0.6 is 22.9 Å². The number of thiophene rings is 1. The molecule has 2 aliphatic rings. The number of rotatable bonds is 5. The normalized spacial score (nSPS) is 22.3. The van der Waals surface area contributed by atoms with Crippen LogP contribution in [0.1, 0.15) is 37.5 Å². The molecule has 0 radical (unpaired) electrons. The highest BCUT2D eigenvalue weighted by Gasteiger charge is 2.56. The largest absolute Gasteiger partial charge is 0.449 e. The molecule has 4 aromatic rings. The third kappa shape index (κ3) is 4.11. The summed E-state index contributed by atoms with van der Waals surface area (Å²) >= 11 is 8.23. The molecule has 0 saturated carbocycles. The number of cyclic esters (lactones) is 2. The van der Waals surface area contributed by atoms with Gasteiger partial charge in [0.05, 0.1) is 5.52 Å². The Morgan fingerprint density at radius 1 is 1.16 bits per heavy atom. The van der Waals surface area contributed by atoms with Gasteiger partial charge in [-0.1, -0.05) is 23.7 Å². The number of piperidine rings is 1. The molecule has 0 spiro atoms. The van der Waals surface area contributed by atoms with Crippen molar-refractivity contribution in [3.63, 3.8) is 0 Å². The molecular formula is C27H25ClN2O6S. The number of H-pyrrole nitrogens is 1. The molecule has 2 aromatic carbocycles. The van der Waals surface area contributed by atoms with Crippen LogP contribution in [0.4, 0.5) is 5.82 Å². The quantitative estimate of drug-likeness (QED) is 0.261. The molecule has 2 N–H and O–H groups in total. The minimum absolute atomic E-state index is 0.275. The summed E-state index contributed by atoms with van der Waals surface area (Å²) in [7, 11) is 0. The van der Waals surface area contributed by atoms with Gasteiger partial charge in [-0.2, -0.15) is 0 Å². The first-order chi connectivity index (χ1) is 17.7. The van der Waals surface area contributed by atoms with E-state index in [-0.39, 0.29) is 6.04 Å². The number of nitrogens with zero attached hydrogens (tertiary/aromatic N) is 1. The van der Waals surface area contributed by atoms with E-state index in [1.54, 1.807) is 12.1 Å². The van der Waals surface area contributed by atoms with Crippen molar-refractivity contribution in [3.8, 4) is 5.75 Å². The fourth-order valence-corrected chi connectivity index (χ4v) is 6.73. The third-order valence-electron chi connectivity index (χ3n) is 7.13. The van der Waals surface area contributed by atoms with E-state index in [1.165, 1.54) is 16.5 Å². The number of aliphatic hydroxyl groups is 1. The number of aromatic nitrogens is 1. The summed E-state index contributed by atoms with van der Waals surface area (Å²) < 4.78 is 17.0. The van der Waals surface area contributed by atoms with Crippen molar-refractivity contribution >= 4 is 61.7 Å². The topological polar surface area (TPSA) is 101 Å². The molecule has 3 atom stereocenters. The minimum Gasteiger partial charge on any atom is -0.418 e. The summed E-state index contributed by atoms with van der Waals surface area (Å²) in [6.07, 6.45) is 0.601. The average Bonchev–Trinajstić information content (AvgIpc) is 3.56. The number of aromatic amines is 1. The number of carbonyl (C=O) groups excluding carboxylic acids is 2. The van der Waals surface area contributed by atoms with E-state index in [9.17, 15) is 14.7 Å². The first-order valence-corrected chi connectivity index (χ1v) is 13.3. The molecular weight excluding hydrogens is 516 g/mol. The van der Waals surface area contributed by atoms with Crippen LogP contribution in [0.25, 0.3) is 21.0 Å². The number of aliphatic hydroxyl groups excluding tert-OH is 1. The van der Waals surface area contributed by atoms with Gasteiger partial charge in [-0.05, 0) is 69.0 Å². The van der Waals surface area contributed by atoms with Crippen LogP contribution in [0.2, 0.25) is 5.02 Å². The van der Waals surface area contributed by atoms with Crippen LogP contribution in [-0.2, 0) is 19.1 Å². The molecule has 2 aliphatic heterocycles. The monoisotopic (exact) mass is 540 g/mol. The predicted octanol–water partition coefficient (Wildman–Crippen LogP) is 5.32. The van der Waals surface area contributed by atoms with Crippen molar-refractivity contribution in [2.24, 2.45) is 0 Å². The smallest absolute Gasteiger partial charge is 0.418 e. The zero-order valence-electron chi connectivity index (χ0n) is 20.2. The van der Waals surface area contributed by atoms with E-state index in [1.807, 2.05) is 35.6 Å². The lowest BCUT2D eigenvalue weighted by Crippen LogP contribution is -2.47. The Morgan fingerprint density at radius 2 is 1.92 bits per heavy atom. The first kappa shape index (κ1) is 24.1. The van der Waals surface area contributed by atoms with Gasteiger partial charge in [-0.15, -0.1) is 11.3 Å². The van der Waals surface area contributed by atoms with Gasteiger partial charge in [0.25, 0.3) is 0 Å². The third-order valence-corrected chi connectivity index (χ3v) is 8.72. The number of hydrogen-bond donors (Lipinski definition) is 2. The van der Waals surface area contributed by atoms with Crippen LogP contribution in [-0.4, -0.2) is 46.7 Å². The number of esters is 2. The minimum atomic E-state index is -2.22. The van der Waals surface area contributed by atoms with Crippen molar-refractivity contribution in [1.29, 1.82) is 0 Å². The van der Waals surface area contributed by atoms with E-state index >= 15 is 0 Å². The van der Waals surface area contributed by atoms with Gasteiger partial charge in [-0.25, -0.2) is 9.59 Å². The van der Waals surface area contributed by atoms with E-state index in [4.69, 9.17) is 25.8 Å². The highest BCUT2D eigenvalue weighted by atomic mass is 35.5. The Bertz CT molecular complexity index is 1510. The standard InChI is InChI=1S/C27H25ClN2O6S/c1-14-11-16(23-12-17-19(28)5-3-8-22(17)37-23)9-10-30(14)24-13-18-20(29-24)6-4-7-21(18)34-27(15(2)31)35-25(32)26(33)36-27/h3-8,12-16,29,31H,9-11H2,1-2H3/t14-,15+,16-/m1/s1. The summed E-state index contributed by atoms with van der Waals surface area (Å²) in [4.78, 5) is 30.5. The van der Waals surface area contributed by atoms with E-state index in [0.29, 0.717) is 17.1 Å². The maximum Gasteiger partial charge on any atom is 0.449 e. The Hall–Kier alpha value is -3.27. The van der Waals surface area contributed by atoms with Crippen molar-refractivity contribution in [2.45, 2.75) is 50.7 Å². The molecule has 2 fully saturated rings. The first-order valence-electron chi connectivity index (χ1n) is 12.1. The Balaban J connectivity index is 1.25. The second-order valence-corrected chi connectivity index (χ2v) is 11.1. The molecule has 0 amide bonds.